The van der Waals surface area contributed by atoms with Crippen molar-refractivity contribution in [2.24, 2.45) is 11.7 Å². The zero-order chi connectivity index (χ0) is 17.0. The fraction of sp³-hybridized carbons (Fsp3) is 0.562. The van der Waals surface area contributed by atoms with Crippen molar-refractivity contribution < 1.29 is 17.9 Å². The van der Waals surface area contributed by atoms with Gasteiger partial charge in [0.2, 0.25) is 10.0 Å². The number of methoxy groups -OCH3 is 1. The minimum Gasteiger partial charge on any atom is -0.465 e. The molecule has 1 heterocycles. The topological polar surface area (TPSA) is 89.7 Å². The Labute approximate surface area is 149 Å². The van der Waals surface area contributed by atoms with E-state index < -0.39 is 16.0 Å². The van der Waals surface area contributed by atoms with Crippen LogP contribution in [0.2, 0.25) is 0 Å². The first-order chi connectivity index (χ1) is 10.8. The number of hydrogen-bond acceptors (Lipinski definition) is 5. The summed E-state index contributed by atoms with van der Waals surface area (Å²) in [5.41, 5.74) is 6.85. The van der Waals surface area contributed by atoms with E-state index in [4.69, 9.17) is 5.73 Å². The van der Waals surface area contributed by atoms with Gasteiger partial charge in [-0.3, -0.25) is 0 Å². The molecular weight excluding hydrogens is 352 g/mol. The van der Waals surface area contributed by atoms with E-state index in [2.05, 4.69) is 4.74 Å². The number of halogens is 1. The van der Waals surface area contributed by atoms with Gasteiger partial charge in [-0.15, -0.1) is 12.4 Å². The minimum atomic E-state index is -3.43. The van der Waals surface area contributed by atoms with E-state index in [-0.39, 0.29) is 30.1 Å². The molecule has 0 aromatic heterocycles. The Bertz CT molecular complexity index is 664. The molecule has 6 nitrogen and oxygen atoms in total. The Morgan fingerprint density at radius 3 is 2.79 bits per heavy atom. The quantitative estimate of drug-likeness (QED) is 0.791. The Balaban J connectivity index is 0.00000288. The van der Waals surface area contributed by atoms with Gasteiger partial charge in [0.15, 0.2) is 0 Å². The molecule has 1 aromatic carbocycles. The molecule has 136 valence electrons. The van der Waals surface area contributed by atoms with Crippen molar-refractivity contribution >= 4 is 28.4 Å². The second-order valence-corrected chi connectivity index (χ2v) is 8.04. The molecule has 0 saturated carbocycles. The average molecular weight is 377 g/mol. The summed E-state index contributed by atoms with van der Waals surface area (Å²) in [5, 5.41) is 0. The van der Waals surface area contributed by atoms with E-state index in [0.717, 1.165) is 12.8 Å². The summed E-state index contributed by atoms with van der Waals surface area (Å²) < 4.78 is 31.5. The normalized spacial score (nSPS) is 20.0. The molecule has 0 bridgehead atoms. The van der Waals surface area contributed by atoms with E-state index in [9.17, 15) is 13.2 Å². The van der Waals surface area contributed by atoms with Crippen molar-refractivity contribution in [3.63, 3.8) is 0 Å². The van der Waals surface area contributed by atoms with Crippen LogP contribution in [0.15, 0.2) is 24.3 Å². The highest BCUT2D eigenvalue weighted by atomic mass is 35.5. The van der Waals surface area contributed by atoms with Gasteiger partial charge in [-0.05, 0) is 43.4 Å². The maximum absolute atomic E-state index is 12.6. The fourth-order valence-corrected chi connectivity index (χ4v) is 4.47. The van der Waals surface area contributed by atoms with Crippen LogP contribution in [0.4, 0.5) is 0 Å². The van der Waals surface area contributed by atoms with Gasteiger partial charge in [-0.2, -0.15) is 0 Å². The molecule has 2 unspecified atom stereocenters. The van der Waals surface area contributed by atoms with Crippen LogP contribution in [0.25, 0.3) is 0 Å². The van der Waals surface area contributed by atoms with E-state index in [1.54, 1.807) is 24.3 Å². The van der Waals surface area contributed by atoms with E-state index in [1.807, 2.05) is 6.92 Å². The highest BCUT2D eigenvalue weighted by molar-refractivity contribution is 7.88. The Kier molecular flexibility index (Phi) is 7.66. The molecule has 0 amide bonds. The highest BCUT2D eigenvalue weighted by Crippen LogP contribution is 2.23. The van der Waals surface area contributed by atoms with Crippen molar-refractivity contribution in [2.45, 2.75) is 31.6 Å². The van der Waals surface area contributed by atoms with Gasteiger partial charge in [0.25, 0.3) is 0 Å². The van der Waals surface area contributed by atoms with E-state index in [0.29, 0.717) is 24.2 Å². The summed E-state index contributed by atoms with van der Waals surface area (Å²) >= 11 is 0. The number of esters is 1. The highest BCUT2D eigenvalue weighted by Gasteiger charge is 2.30. The maximum atomic E-state index is 12.6. The second kappa shape index (κ2) is 8.80. The third-order valence-electron chi connectivity index (χ3n) is 4.25. The molecule has 0 aliphatic carbocycles. The van der Waals surface area contributed by atoms with E-state index >= 15 is 0 Å². The number of carbonyl (C=O) groups is 1. The average Bonchev–Trinajstić information content (AvgIpc) is 2.54. The SMILES string of the molecule is COC(=O)c1cccc(CS(=O)(=O)N2CCCC(C(C)N)C2)c1.Cl. The third-order valence-corrected chi connectivity index (χ3v) is 6.07. The molecule has 0 spiro atoms. The molecule has 2 rings (SSSR count). The van der Waals surface area contributed by atoms with Crippen molar-refractivity contribution in [1.29, 1.82) is 0 Å². The maximum Gasteiger partial charge on any atom is 0.337 e. The van der Waals surface area contributed by atoms with Crippen LogP contribution in [0.5, 0.6) is 0 Å². The number of piperidine rings is 1. The van der Waals surface area contributed by atoms with Crippen molar-refractivity contribution in [3.05, 3.63) is 35.4 Å². The molecule has 1 saturated heterocycles. The molecule has 1 aromatic rings. The number of ether oxygens (including phenoxy) is 1. The van der Waals surface area contributed by atoms with E-state index in [1.165, 1.54) is 11.4 Å². The second-order valence-electron chi connectivity index (χ2n) is 6.07. The van der Waals surface area contributed by atoms with Gasteiger partial charge in [-0.1, -0.05) is 12.1 Å². The molecule has 1 fully saturated rings. The summed E-state index contributed by atoms with van der Waals surface area (Å²) in [6.45, 7) is 2.92. The summed E-state index contributed by atoms with van der Waals surface area (Å²) in [4.78, 5) is 11.6. The molecular formula is C16H25ClN2O4S. The molecule has 8 heteroatoms. The number of hydrogen-bond donors (Lipinski definition) is 1. The Hall–Kier alpha value is -1.15. The van der Waals surface area contributed by atoms with Gasteiger partial charge >= 0.3 is 5.97 Å². The van der Waals surface area contributed by atoms with Crippen LogP contribution < -0.4 is 5.73 Å². The zero-order valence-corrected chi connectivity index (χ0v) is 15.6. The lowest BCUT2D eigenvalue weighted by Crippen LogP contribution is -2.45. The van der Waals surface area contributed by atoms with Crippen molar-refractivity contribution in [3.8, 4) is 0 Å². The summed E-state index contributed by atoms with van der Waals surface area (Å²) in [6, 6.07) is 6.52. The third kappa shape index (κ3) is 5.17. The molecule has 24 heavy (non-hydrogen) atoms. The summed E-state index contributed by atoms with van der Waals surface area (Å²) in [7, 11) is -2.13. The number of benzene rings is 1. The van der Waals surface area contributed by atoms with Crippen LogP contribution in [0.1, 0.15) is 35.7 Å². The standard InChI is InChI=1S/C16H24N2O4S.ClH/c1-12(17)15-7-4-8-18(10-15)23(20,21)11-13-5-3-6-14(9-13)16(19)22-2;/h3,5-6,9,12,15H,4,7-8,10-11,17H2,1-2H3;1H. The van der Waals surface area contributed by atoms with Crippen molar-refractivity contribution in [1.82, 2.24) is 4.31 Å². The lowest BCUT2D eigenvalue weighted by molar-refractivity contribution is 0.0600. The predicted molar refractivity (Wildman–Crippen MR) is 95.6 cm³/mol. The number of rotatable bonds is 5. The van der Waals surface area contributed by atoms with Crippen LogP contribution >= 0.6 is 12.4 Å². The number of carbonyl (C=O) groups excluding carboxylic acids is 1. The lowest BCUT2D eigenvalue weighted by atomic mass is 9.93. The smallest absolute Gasteiger partial charge is 0.337 e. The van der Waals surface area contributed by atoms with Crippen LogP contribution in [-0.4, -0.2) is 44.9 Å². The Morgan fingerprint density at radius 2 is 2.17 bits per heavy atom. The number of nitrogens with zero attached hydrogens (tertiary/aromatic N) is 1. The van der Waals surface area contributed by atoms with Gasteiger partial charge < -0.3 is 10.5 Å². The monoisotopic (exact) mass is 376 g/mol. The molecule has 1 aliphatic rings. The lowest BCUT2D eigenvalue weighted by Gasteiger charge is -2.33. The molecule has 2 N–H and O–H groups in total. The van der Waals surface area contributed by atoms with Gasteiger partial charge in [0, 0.05) is 19.1 Å². The van der Waals surface area contributed by atoms with Gasteiger partial charge in [-0.25, -0.2) is 17.5 Å². The molecule has 0 radical (unpaired) electrons. The fourth-order valence-electron chi connectivity index (χ4n) is 2.86. The first kappa shape index (κ1) is 20.9. The zero-order valence-electron chi connectivity index (χ0n) is 14.0. The van der Waals surface area contributed by atoms with Crippen molar-refractivity contribution in [2.75, 3.05) is 20.2 Å². The predicted octanol–water partition coefficient (Wildman–Crippen LogP) is 1.78. The van der Waals surface area contributed by atoms with Crippen LogP contribution in [0, 0.1) is 5.92 Å². The minimum absolute atomic E-state index is 0. The number of nitrogens with two attached hydrogens (primary N) is 1. The molecule has 1 aliphatic heterocycles. The van der Waals surface area contributed by atoms with Crippen LogP contribution in [0.3, 0.4) is 0 Å². The van der Waals surface area contributed by atoms with Gasteiger partial charge in [0.05, 0.1) is 18.4 Å². The Morgan fingerprint density at radius 1 is 1.46 bits per heavy atom. The summed E-state index contributed by atoms with van der Waals surface area (Å²) in [6.07, 6.45) is 1.79. The summed E-state index contributed by atoms with van der Waals surface area (Å²) in [5.74, 6) is -0.400. The number of sulfonamides is 1. The first-order valence-corrected chi connectivity index (χ1v) is 9.35. The van der Waals surface area contributed by atoms with Crippen LogP contribution in [-0.2, 0) is 20.5 Å². The largest absolute Gasteiger partial charge is 0.465 e. The first-order valence-electron chi connectivity index (χ1n) is 7.74. The molecule has 2 atom stereocenters. The van der Waals surface area contributed by atoms with Gasteiger partial charge in [0.1, 0.15) is 0 Å².